The van der Waals surface area contributed by atoms with Gasteiger partial charge in [0.2, 0.25) is 0 Å². The quantitative estimate of drug-likeness (QED) is 0.402. The Morgan fingerprint density at radius 1 is 0.464 bits per heavy atom. The number of nitrogens with zero attached hydrogens (tertiary/aromatic N) is 1. The Hall–Kier alpha value is -3.16. The van der Waals surface area contributed by atoms with Gasteiger partial charge in [-0.3, -0.25) is 4.90 Å². The molecule has 1 nitrogen and oxygen atoms in total. The first-order chi connectivity index (χ1) is 13.7. The van der Waals surface area contributed by atoms with Gasteiger partial charge in [-0.15, -0.1) is 0 Å². The number of hydrogen-bond acceptors (Lipinski definition) is 1. The maximum absolute atomic E-state index is 3.84. The summed E-state index contributed by atoms with van der Waals surface area (Å²) >= 11 is 0. The van der Waals surface area contributed by atoms with E-state index in [1.54, 1.807) is 0 Å². The topological polar surface area (TPSA) is 3.24 Å². The van der Waals surface area contributed by atoms with Gasteiger partial charge < -0.3 is 0 Å². The van der Waals surface area contributed by atoms with Crippen molar-refractivity contribution in [1.82, 2.24) is 4.90 Å². The van der Waals surface area contributed by atoms with E-state index >= 15 is 0 Å². The SMILES string of the molecule is C=Cc1ccc(CN(Cc2ccc(C=C)cc2)Cc2ccc(C=C)cc2)cc1. The molecule has 0 heterocycles. The molecule has 3 aromatic carbocycles. The Labute approximate surface area is 169 Å². The first kappa shape index (κ1) is 19.6. The molecule has 0 aliphatic carbocycles. The molecule has 28 heavy (non-hydrogen) atoms. The van der Waals surface area contributed by atoms with Crippen molar-refractivity contribution in [2.75, 3.05) is 0 Å². The van der Waals surface area contributed by atoms with Crippen LogP contribution < -0.4 is 0 Å². The van der Waals surface area contributed by atoms with Crippen molar-refractivity contribution < 1.29 is 0 Å². The van der Waals surface area contributed by atoms with Crippen LogP contribution in [-0.4, -0.2) is 4.90 Å². The van der Waals surface area contributed by atoms with E-state index in [1.807, 2.05) is 18.2 Å². The normalized spacial score (nSPS) is 10.6. The molecule has 0 fully saturated rings. The van der Waals surface area contributed by atoms with Crippen LogP contribution >= 0.6 is 0 Å². The standard InChI is InChI=1S/C27H27N/c1-4-22-7-13-25(14-8-22)19-28(20-26-15-9-23(5-2)10-16-26)21-27-17-11-24(6-3)12-18-27/h4-18H,1-3,19-21H2. The minimum atomic E-state index is 0.893. The molecule has 0 N–H and O–H groups in total. The predicted molar refractivity (Wildman–Crippen MR) is 123 cm³/mol. The molecule has 3 aromatic rings. The monoisotopic (exact) mass is 365 g/mol. The lowest BCUT2D eigenvalue weighted by Gasteiger charge is -2.23. The van der Waals surface area contributed by atoms with Crippen LogP contribution in [0.2, 0.25) is 0 Å². The van der Waals surface area contributed by atoms with E-state index in [1.165, 1.54) is 16.7 Å². The smallest absolute Gasteiger partial charge is 0.0240 e. The Balaban J connectivity index is 1.78. The maximum atomic E-state index is 3.84. The first-order valence-electron chi connectivity index (χ1n) is 9.56. The Morgan fingerprint density at radius 2 is 0.714 bits per heavy atom. The van der Waals surface area contributed by atoms with E-state index < -0.39 is 0 Å². The van der Waals surface area contributed by atoms with E-state index in [2.05, 4.69) is 97.4 Å². The summed E-state index contributed by atoms with van der Waals surface area (Å²) in [5.41, 5.74) is 7.35. The zero-order valence-electron chi connectivity index (χ0n) is 16.4. The van der Waals surface area contributed by atoms with Crippen molar-refractivity contribution in [3.63, 3.8) is 0 Å². The molecule has 0 bridgehead atoms. The van der Waals surface area contributed by atoms with E-state index in [4.69, 9.17) is 0 Å². The molecule has 0 amide bonds. The van der Waals surface area contributed by atoms with E-state index in [0.717, 1.165) is 36.3 Å². The van der Waals surface area contributed by atoms with E-state index in [9.17, 15) is 0 Å². The van der Waals surface area contributed by atoms with Crippen LogP contribution in [0.3, 0.4) is 0 Å². The first-order valence-corrected chi connectivity index (χ1v) is 9.56. The van der Waals surface area contributed by atoms with Crippen LogP contribution in [0, 0.1) is 0 Å². The molecular formula is C27H27N. The van der Waals surface area contributed by atoms with Gasteiger partial charge in [0.25, 0.3) is 0 Å². The molecule has 0 radical (unpaired) electrons. The summed E-state index contributed by atoms with van der Waals surface area (Å²) < 4.78 is 0. The zero-order valence-corrected chi connectivity index (χ0v) is 16.4. The third-order valence-electron chi connectivity index (χ3n) is 4.86. The highest BCUT2D eigenvalue weighted by atomic mass is 15.1. The fourth-order valence-electron chi connectivity index (χ4n) is 3.22. The minimum Gasteiger partial charge on any atom is -0.291 e. The largest absolute Gasteiger partial charge is 0.291 e. The van der Waals surface area contributed by atoms with Gasteiger partial charge in [0.15, 0.2) is 0 Å². The fraction of sp³-hybridized carbons (Fsp3) is 0.111. The molecule has 0 spiro atoms. The minimum absolute atomic E-state index is 0.893. The molecule has 3 rings (SSSR count). The molecule has 0 saturated carbocycles. The summed E-state index contributed by atoms with van der Waals surface area (Å²) in [6.45, 7) is 14.2. The third kappa shape index (κ3) is 5.42. The van der Waals surface area contributed by atoms with Gasteiger partial charge in [-0.1, -0.05) is 111 Å². The molecule has 0 saturated heterocycles. The summed E-state index contributed by atoms with van der Waals surface area (Å²) in [6.07, 6.45) is 5.64. The molecule has 0 aliphatic rings. The summed E-state index contributed by atoms with van der Waals surface area (Å²) in [6, 6.07) is 25.9. The molecule has 1 heteroatoms. The highest BCUT2D eigenvalue weighted by molar-refractivity contribution is 5.48. The van der Waals surface area contributed by atoms with E-state index in [-0.39, 0.29) is 0 Å². The second-order valence-corrected chi connectivity index (χ2v) is 6.98. The third-order valence-corrected chi connectivity index (χ3v) is 4.86. The fourth-order valence-corrected chi connectivity index (χ4v) is 3.22. The average molecular weight is 366 g/mol. The second kappa shape index (κ2) is 9.68. The highest BCUT2D eigenvalue weighted by Gasteiger charge is 2.09. The van der Waals surface area contributed by atoms with Gasteiger partial charge in [0.1, 0.15) is 0 Å². The lowest BCUT2D eigenvalue weighted by molar-refractivity contribution is 0.247. The lowest BCUT2D eigenvalue weighted by atomic mass is 10.1. The summed E-state index contributed by atoms with van der Waals surface area (Å²) in [4.78, 5) is 2.47. The Bertz CT molecular complexity index is 788. The number of benzene rings is 3. The van der Waals surface area contributed by atoms with Gasteiger partial charge >= 0.3 is 0 Å². The van der Waals surface area contributed by atoms with Crippen LogP contribution in [0.5, 0.6) is 0 Å². The molecule has 0 unspecified atom stereocenters. The molecule has 140 valence electrons. The van der Waals surface area contributed by atoms with Crippen molar-refractivity contribution in [2.24, 2.45) is 0 Å². The van der Waals surface area contributed by atoms with Crippen molar-refractivity contribution in [1.29, 1.82) is 0 Å². The van der Waals surface area contributed by atoms with Crippen molar-refractivity contribution in [3.8, 4) is 0 Å². The predicted octanol–water partition coefficient (Wildman–Crippen LogP) is 6.82. The summed E-state index contributed by atoms with van der Waals surface area (Å²) in [7, 11) is 0. The summed E-state index contributed by atoms with van der Waals surface area (Å²) in [5, 5.41) is 0. The van der Waals surface area contributed by atoms with Crippen LogP contribution in [0.25, 0.3) is 18.2 Å². The van der Waals surface area contributed by atoms with Crippen LogP contribution in [-0.2, 0) is 19.6 Å². The van der Waals surface area contributed by atoms with Gasteiger partial charge in [-0.25, -0.2) is 0 Å². The maximum Gasteiger partial charge on any atom is 0.0240 e. The van der Waals surface area contributed by atoms with Crippen LogP contribution in [0.15, 0.2) is 92.5 Å². The molecule has 0 atom stereocenters. The van der Waals surface area contributed by atoms with Crippen molar-refractivity contribution in [3.05, 3.63) is 126 Å². The van der Waals surface area contributed by atoms with E-state index in [0.29, 0.717) is 0 Å². The molecule has 0 aromatic heterocycles. The van der Waals surface area contributed by atoms with Crippen LogP contribution in [0.4, 0.5) is 0 Å². The van der Waals surface area contributed by atoms with Gasteiger partial charge in [0.05, 0.1) is 0 Å². The van der Waals surface area contributed by atoms with Gasteiger partial charge in [0, 0.05) is 19.6 Å². The summed E-state index contributed by atoms with van der Waals surface area (Å²) in [5.74, 6) is 0. The van der Waals surface area contributed by atoms with Crippen LogP contribution in [0.1, 0.15) is 33.4 Å². The average Bonchev–Trinajstić information content (AvgIpc) is 2.75. The van der Waals surface area contributed by atoms with Crippen molar-refractivity contribution in [2.45, 2.75) is 19.6 Å². The second-order valence-electron chi connectivity index (χ2n) is 6.98. The highest BCUT2D eigenvalue weighted by Crippen LogP contribution is 2.17. The molecule has 0 aliphatic heterocycles. The number of hydrogen-bond donors (Lipinski definition) is 0. The van der Waals surface area contributed by atoms with Crippen molar-refractivity contribution >= 4 is 18.2 Å². The number of rotatable bonds is 9. The Morgan fingerprint density at radius 3 is 0.929 bits per heavy atom. The lowest BCUT2D eigenvalue weighted by Crippen LogP contribution is -2.22. The zero-order chi connectivity index (χ0) is 19.8. The Kier molecular flexibility index (Phi) is 6.78. The molecular weight excluding hydrogens is 338 g/mol. The van der Waals surface area contributed by atoms with Gasteiger partial charge in [-0.05, 0) is 33.4 Å². The van der Waals surface area contributed by atoms with Gasteiger partial charge in [-0.2, -0.15) is 0 Å².